The van der Waals surface area contributed by atoms with Crippen LogP contribution < -0.4 is 0 Å². The molecule has 1 aromatic carbocycles. The van der Waals surface area contributed by atoms with E-state index >= 15 is 0 Å². The van der Waals surface area contributed by atoms with E-state index < -0.39 is 0 Å². The Morgan fingerprint density at radius 2 is 2.00 bits per heavy atom. The van der Waals surface area contributed by atoms with E-state index in [4.69, 9.17) is 4.74 Å². The largest absolute Gasteiger partial charge is 0.380 e. The molecule has 2 heteroatoms. The number of rotatable bonds is 3. The van der Waals surface area contributed by atoms with E-state index in [1.807, 2.05) is 7.11 Å². The maximum absolute atomic E-state index is 5.45. The summed E-state index contributed by atoms with van der Waals surface area (Å²) in [7, 11) is 1.81. The van der Waals surface area contributed by atoms with Crippen molar-refractivity contribution in [2.75, 3.05) is 20.2 Å². The summed E-state index contributed by atoms with van der Waals surface area (Å²) in [5.41, 5.74) is 1.39. The summed E-state index contributed by atoms with van der Waals surface area (Å²) < 4.78 is 5.45. The molecule has 0 bridgehead atoms. The lowest BCUT2D eigenvalue weighted by Crippen LogP contribution is -2.22. The lowest BCUT2D eigenvalue weighted by atomic mass is 10.1. The number of ether oxygens (including phenoxy) is 1. The summed E-state index contributed by atoms with van der Waals surface area (Å²) in [5.74, 6) is 0.652. The Kier molecular flexibility index (Phi) is 3.39. The van der Waals surface area contributed by atoms with Crippen LogP contribution in [0.4, 0.5) is 0 Å². The van der Waals surface area contributed by atoms with Crippen molar-refractivity contribution in [3.8, 4) is 0 Å². The molecule has 0 radical (unpaired) electrons. The van der Waals surface area contributed by atoms with Crippen molar-refractivity contribution in [1.29, 1.82) is 0 Å². The molecule has 2 atom stereocenters. The van der Waals surface area contributed by atoms with Gasteiger partial charge in [0.15, 0.2) is 0 Å². The van der Waals surface area contributed by atoms with Gasteiger partial charge >= 0.3 is 0 Å². The highest BCUT2D eigenvalue weighted by Crippen LogP contribution is 2.20. The van der Waals surface area contributed by atoms with E-state index in [1.165, 1.54) is 5.56 Å². The van der Waals surface area contributed by atoms with Crippen molar-refractivity contribution in [2.24, 2.45) is 5.92 Å². The van der Waals surface area contributed by atoms with Gasteiger partial charge in [0.25, 0.3) is 0 Å². The van der Waals surface area contributed by atoms with Crippen LogP contribution in [-0.4, -0.2) is 31.2 Å². The molecule has 0 spiro atoms. The Balaban J connectivity index is 1.92. The van der Waals surface area contributed by atoms with Gasteiger partial charge in [-0.1, -0.05) is 37.3 Å². The van der Waals surface area contributed by atoms with Crippen LogP contribution in [0.5, 0.6) is 0 Å². The Labute approximate surface area is 91.9 Å². The molecule has 15 heavy (non-hydrogen) atoms. The van der Waals surface area contributed by atoms with E-state index in [-0.39, 0.29) is 0 Å². The molecule has 0 aliphatic carbocycles. The van der Waals surface area contributed by atoms with Crippen molar-refractivity contribution in [1.82, 2.24) is 4.90 Å². The Morgan fingerprint density at radius 1 is 1.27 bits per heavy atom. The van der Waals surface area contributed by atoms with Crippen LogP contribution in [0.3, 0.4) is 0 Å². The normalized spacial score (nSPS) is 27.1. The van der Waals surface area contributed by atoms with Gasteiger partial charge in [-0.15, -0.1) is 0 Å². The molecular formula is C13H19NO. The molecule has 1 aliphatic heterocycles. The summed E-state index contributed by atoms with van der Waals surface area (Å²) in [4.78, 5) is 2.47. The molecule has 0 aromatic heterocycles. The number of nitrogens with zero attached hydrogens (tertiary/aromatic N) is 1. The fourth-order valence-electron chi connectivity index (χ4n) is 2.31. The van der Waals surface area contributed by atoms with E-state index in [2.05, 4.69) is 42.2 Å². The minimum atomic E-state index is 0.411. The third-order valence-corrected chi connectivity index (χ3v) is 3.17. The third-order valence-electron chi connectivity index (χ3n) is 3.17. The highest BCUT2D eigenvalue weighted by atomic mass is 16.5. The molecule has 1 aliphatic rings. The molecule has 2 unspecified atom stereocenters. The molecule has 0 saturated carbocycles. The fraction of sp³-hybridized carbons (Fsp3) is 0.538. The summed E-state index contributed by atoms with van der Waals surface area (Å²) >= 11 is 0. The van der Waals surface area contributed by atoms with Crippen LogP contribution in [-0.2, 0) is 11.3 Å². The van der Waals surface area contributed by atoms with E-state index in [0.717, 1.165) is 19.6 Å². The Morgan fingerprint density at radius 3 is 2.60 bits per heavy atom. The zero-order chi connectivity index (χ0) is 10.7. The molecule has 1 heterocycles. The van der Waals surface area contributed by atoms with Gasteiger partial charge in [0, 0.05) is 26.7 Å². The zero-order valence-corrected chi connectivity index (χ0v) is 9.52. The van der Waals surface area contributed by atoms with Crippen molar-refractivity contribution < 1.29 is 4.74 Å². The summed E-state index contributed by atoms with van der Waals surface area (Å²) in [5, 5.41) is 0. The number of benzene rings is 1. The second-order valence-electron chi connectivity index (χ2n) is 4.43. The van der Waals surface area contributed by atoms with Crippen LogP contribution in [0.25, 0.3) is 0 Å². The fourth-order valence-corrected chi connectivity index (χ4v) is 2.31. The highest BCUT2D eigenvalue weighted by molar-refractivity contribution is 5.14. The van der Waals surface area contributed by atoms with Crippen LogP contribution >= 0.6 is 0 Å². The lowest BCUT2D eigenvalue weighted by molar-refractivity contribution is 0.0833. The van der Waals surface area contributed by atoms with Crippen molar-refractivity contribution in [2.45, 2.75) is 19.6 Å². The second kappa shape index (κ2) is 4.77. The van der Waals surface area contributed by atoms with E-state index in [1.54, 1.807) is 0 Å². The lowest BCUT2D eigenvalue weighted by Gasteiger charge is -2.15. The number of hydrogen-bond acceptors (Lipinski definition) is 2. The highest BCUT2D eigenvalue weighted by Gasteiger charge is 2.28. The Hall–Kier alpha value is -0.860. The molecule has 82 valence electrons. The minimum absolute atomic E-state index is 0.411. The van der Waals surface area contributed by atoms with Gasteiger partial charge < -0.3 is 4.74 Å². The number of methoxy groups -OCH3 is 1. The van der Waals surface area contributed by atoms with Gasteiger partial charge in [-0.25, -0.2) is 0 Å². The first-order valence-corrected chi connectivity index (χ1v) is 5.58. The first-order chi connectivity index (χ1) is 7.29. The van der Waals surface area contributed by atoms with Crippen LogP contribution in [0.1, 0.15) is 12.5 Å². The first-order valence-electron chi connectivity index (χ1n) is 5.58. The van der Waals surface area contributed by atoms with Crippen LogP contribution in [0, 0.1) is 5.92 Å². The molecule has 1 aromatic rings. The maximum atomic E-state index is 5.45. The van der Waals surface area contributed by atoms with Gasteiger partial charge in [-0.05, 0) is 11.5 Å². The second-order valence-corrected chi connectivity index (χ2v) is 4.43. The van der Waals surface area contributed by atoms with Gasteiger partial charge in [-0.2, -0.15) is 0 Å². The summed E-state index contributed by atoms with van der Waals surface area (Å²) in [6, 6.07) is 10.6. The van der Waals surface area contributed by atoms with Gasteiger partial charge in [0.2, 0.25) is 0 Å². The zero-order valence-electron chi connectivity index (χ0n) is 9.52. The standard InChI is InChI=1S/C13H19NO/c1-11-8-14(10-13(11)15-2)9-12-6-4-3-5-7-12/h3-7,11,13H,8-10H2,1-2H3. The van der Waals surface area contributed by atoms with Gasteiger partial charge in [0.1, 0.15) is 0 Å². The molecule has 0 amide bonds. The molecule has 1 fully saturated rings. The number of likely N-dealkylation sites (tertiary alicyclic amines) is 1. The monoisotopic (exact) mass is 205 g/mol. The minimum Gasteiger partial charge on any atom is -0.380 e. The average molecular weight is 205 g/mol. The predicted molar refractivity (Wildman–Crippen MR) is 61.7 cm³/mol. The topological polar surface area (TPSA) is 12.5 Å². The maximum Gasteiger partial charge on any atom is 0.0735 e. The van der Waals surface area contributed by atoms with E-state index in [9.17, 15) is 0 Å². The molecule has 2 nitrogen and oxygen atoms in total. The van der Waals surface area contributed by atoms with Crippen molar-refractivity contribution in [3.05, 3.63) is 35.9 Å². The van der Waals surface area contributed by atoms with E-state index in [0.29, 0.717) is 12.0 Å². The van der Waals surface area contributed by atoms with Crippen molar-refractivity contribution in [3.63, 3.8) is 0 Å². The summed E-state index contributed by atoms with van der Waals surface area (Å²) in [6.07, 6.45) is 0.411. The van der Waals surface area contributed by atoms with Gasteiger partial charge in [0.05, 0.1) is 6.10 Å². The Bertz CT molecular complexity index is 299. The summed E-state index contributed by atoms with van der Waals surface area (Å²) in [6.45, 7) is 5.52. The number of hydrogen-bond donors (Lipinski definition) is 0. The predicted octanol–water partition coefficient (Wildman–Crippen LogP) is 2.15. The molecule has 1 saturated heterocycles. The molecular weight excluding hydrogens is 186 g/mol. The van der Waals surface area contributed by atoms with Crippen LogP contribution in [0.2, 0.25) is 0 Å². The first kappa shape index (κ1) is 10.7. The average Bonchev–Trinajstić information content (AvgIpc) is 2.60. The SMILES string of the molecule is COC1CN(Cc2ccccc2)CC1C. The van der Waals surface area contributed by atoms with Crippen molar-refractivity contribution >= 4 is 0 Å². The molecule has 2 rings (SSSR count). The quantitative estimate of drug-likeness (QED) is 0.749. The smallest absolute Gasteiger partial charge is 0.0735 e. The molecule has 0 N–H and O–H groups in total. The third kappa shape index (κ3) is 2.58. The van der Waals surface area contributed by atoms with Gasteiger partial charge in [-0.3, -0.25) is 4.90 Å². The van der Waals surface area contributed by atoms with Crippen LogP contribution in [0.15, 0.2) is 30.3 Å².